The van der Waals surface area contributed by atoms with Gasteiger partial charge in [-0.15, -0.1) is 21.6 Å². The smallest absolute Gasteiger partial charge is 0.327 e. The van der Waals surface area contributed by atoms with Crippen molar-refractivity contribution in [1.82, 2.24) is 10.6 Å². The lowest BCUT2D eigenvalue weighted by Gasteiger charge is -2.17. The molecule has 0 saturated carbocycles. The number of hydrazine groups is 1. The van der Waals surface area contributed by atoms with Crippen molar-refractivity contribution in [2.24, 2.45) is 10.2 Å². The molecule has 4 rings (SSSR count). The van der Waals surface area contributed by atoms with Gasteiger partial charge in [-0.05, 0) is 24.6 Å². The van der Waals surface area contributed by atoms with Gasteiger partial charge in [0.25, 0.3) is 5.91 Å². The monoisotopic (exact) mass is 407 g/mol. The molecule has 1 aliphatic heterocycles. The zero-order valence-corrected chi connectivity index (χ0v) is 16.3. The summed E-state index contributed by atoms with van der Waals surface area (Å²) in [5.41, 5.74) is 6.19. The lowest BCUT2D eigenvalue weighted by molar-refractivity contribution is -0.117. The number of nitrogens with zero attached hydrogens (tertiary/aromatic N) is 4. The molecule has 2 aromatic carbocycles. The fourth-order valence-electron chi connectivity index (χ4n) is 2.70. The number of aromatic nitrogens is 1. The lowest BCUT2D eigenvalue weighted by atomic mass is 10.1. The molecule has 0 spiro atoms. The number of benzene rings is 2. The van der Waals surface area contributed by atoms with Crippen molar-refractivity contribution in [3.63, 3.8) is 0 Å². The molecule has 0 unspecified atom stereocenters. The Balaban J connectivity index is 1.49. The van der Waals surface area contributed by atoms with Gasteiger partial charge in [0, 0.05) is 5.38 Å². The highest BCUT2D eigenvalue weighted by Crippen LogP contribution is 2.33. The van der Waals surface area contributed by atoms with Crippen LogP contribution in [0, 0.1) is 6.92 Å². The number of hydrogen-bond donors (Lipinski definition) is 2. The van der Waals surface area contributed by atoms with Crippen LogP contribution in [0.3, 0.4) is 0 Å². The third kappa shape index (κ3) is 4.31. The average molecular weight is 407 g/mol. The number of carbonyl (C=O) groups is 1. The number of thiazole rings is 1. The Kier molecular flexibility index (Phi) is 5.32. The maximum atomic E-state index is 12.0. The van der Waals surface area contributed by atoms with Crippen LogP contribution in [0.4, 0.5) is 10.8 Å². The first kappa shape index (κ1) is 18.8. The first-order valence-corrected chi connectivity index (χ1v) is 9.65. The Labute approximate surface area is 170 Å². The van der Waals surface area contributed by atoms with E-state index in [2.05, 4.69) is 20.8 Å². The number of hydrogen-bond acceptors (Lipinski definition) is 8. The van der Waals surface area contributed by atoms with Crippen molar-refractivity contribution in [3.8, 4) is 0 Å². The molecule has 1 aliphatic rings. The van der Waals surface area contributed by atoms with Gasteiger partial charge in [0.1, 0.15) is 5.69 Å². The molecule has 0 saturated heterocycles. The second-order valence-corrected chi connectivity index (χ2v) is 7.13. The van der Waals surface area contributed by atoms with Crippen molar-refractivity contribution in [2.75, 3.05) is 5.01 Å². The Hall–Kier alpha value is -3.56. The molecule has 0 aliphatic carbocycles. The number of azo groups is 1. The molecule has 2 N–H and O–H groups in total. The molecule has 8 nitrogen and oxygen atoms in total. The summed E-state index contributed by atoms with van der Waals surface area (Å²) in [7, 11) is 0. The molecule has 1 amide bonds. The molecular weight excluding hydrogens is 390 g/mol. The van der Waals surface area contributed by atoms with E-state index in [-0.39, 0.29) is 18.3 Å². The molecule has 0 bridgehead atoms. The molecule has 3 aromatic rings. The van der Waals surface area contributed by atoms with Crippen LogP contribution in [-0.2, 0) is 16.1 Å². The van der Waals surface area contributed by atoms with Gasteiger partial charge in [-0.2, -0.15) is 0 Å². The van der Waals surface area contributed by atoms with E-state index in [4.69, 9.17) is 4.84 Å². The van der Waals surface area contributed by atoms with E-state index in [0.717, 1.165) is 16.8 Å². The number of amides is 1. The number of aliphatic hydroxyl groups is 1. The van der Waals surface area contributed by atoms with E-state index in [9.17, 15) is 9.90 Å². The van der Waals surface area contributed by atoms with Crippen LogP contribution in [0.2, 0.25) is 0 Å². The van der Waals surface area contributed by atoms with Crippen LogP contribution < -0.4 is 10.6 Å². The van der Waals surface area contributed by atoms with E-state index >= 15 is 0 Å². The summed E-state index contributed by atoms with van der Waals surface area (Å²) in [6.07, 6.45) is 0.174. The molecule has 0 atom stereocenters. The molecule has 0 radical (unpaired) electrons. The minimum atomic E-state index is -0.359. The summed E-state index contributed by atoms with van der Waals surface area (Å²) in [6.45, 7) is 1.99. The Bertz CT molecular complexity index is 1080. The highest BCUT2D eigenvalue weighted by molar-refractivity contribution is 7.13. The van der Waals surface area contributed by atoms with Gasteiger partial charge < -0.3 is 9.94 Å². The SMILES string of the molecule is Cc1ccc(N2NOC(O)=C2c2csc(N=NC(=O)Cc3ccccc3)n2)cc1. The Morgan fingerprint density at radius 1 is 1.21 bits per heavy atom. The maximum absolute atomic E-state index is 12.0. The van der Waals surface area contributed by atoms with Crippen LogP contribution in [0.25, 0.3) is 5.70 Å². The number of carbonyl (C=O) groups excluding carboxylic acids is 1. The summed E-state index contributed by atoms with van der Waals surface area (Å²) in [6, 6.07) is 17.0. The summed E-state index contributed by atoms with van der Waals surface area (Å²) in [5, 5.41) is 21.4. The largest absolute Gasteiger partial charge is 0.478 e. The maximum Gasteiger partial charge on any atom is 0.327 e. The molecule has 0 fully saturated rings. The predicted octanol–water partition coefficient (Wildman–Crippen LogP) is 4.45. The van der Waals surface area contributed by atoms with Crippen LogP contribution in [-0.4, -0.2) is 16.0 Å². The van der Waals surface area contributed by atoms with Gasteiger partial charge in [-0.25, -0.2) is 9.99 Å². The van der Waals surface area contributed by atoms with Crippen molar-refractivity contribution < 1.29 is 14.7 Å². The van der Waals surface area contributed by atoms with Gasteiger partial charge in [0.15, 0.2) is 5.70 Å². The predicted molar refractivity (Wildman–Crippen MR) is 109 cm³/mol. The standard InChI is InChI=1S/C20H17N5O3S/c1-13-7-9-15(10-8-13)25-18(19(27)28-24-25)16-12-29-20(21-16)23-22-17(26)11-14-5-3-2-4-6-14/h2-10,12,24,27H,11H2,1H3. The summed E-state index contributed by atoms with van der Waals surface area (Å²) < 4.78 is 0. The lowest BCUT2D eigenvalue weighted by Crippen LogP contribution is -2.30. The molecule has 29 heavy (non-hydrogen) atoms. The second kappa shape index (κ2) is 8.21. The summed E-state index contributed by atoms with van der Waals surface area (Å²) in [4.78, 5) is 21.4. The minimum absolute atomic E-state index is 0.174. The van der Waals surface area contributed by atoms with Gasteiger partial charge in [-0.3, -0.25) is 4.79 Å². The van der Waals surface area contributed by atoms with Crippen LogP contribution in [0.1, 0.15) is 16.8 Å². The summed E-state index contributed by atoms with van der Waals surface area (Å²) in [5.74, 6) is -0.665. The van der Waals surface area contributed by atoms with Crippen LogP contribution in [0.15, 0.2) is 76.2 Å². The fraction of sp³-hybridized carbons (Fsp3) is 0.100. The highest BCUT2D eigenvalue weighted by atomic mass is 32.1. The van der Waals surface area contributed by atoms with E-state index < -0.39 is 0 Å². The van der Waals surface area contributed by atoms with E-state index in [0.29, 0.717) is 16.5 Å². The molecule has 2 heterocycles. The van der Waals surface area contributed by atoms with Crippen molar-refractivity contribution in [2.45, 2.75) is 13.3 Å². The third-order valence-corrected chi connectivity index (χ3v) is 4.86. The third-order valence-electron chi connectivity index (χ3n) is 4.13. The van der Waals surface area contributed by atoms with Gasteiger partial charge in [0.2, 0.25) is 5.13 Å². The first-order valence-electron chi connectivity index (χ1n) is 8.77. The molecule has 9 heteroatoms. The van der Waals surface area contributed by atoms with E-state index in [1.165, 1.54) is 11.3 Å². The van der Waals surface area contributed by atoms with Crippen molar-refractivity contribution >= 4 is 33.8 Å². The quantitative estimate of drug-likeness (QED) is 0.607. The molecule has 1 aromatic heterocycles. The van der Waals surface area contributed by atoms with Gasteiger partial charge in [-0.1, -0.05) is 53.6 Å². The number of aryl methyl sites for hydroxylation is 1. The number of aliphatic hydroxyl groups excluding tert-OH is 1. The van der Waals surface area contributed by atoms with E-state index in [1.54, 1.807) is 10.4 Å². The van der Waals surface area contributed by atoms with Gasteiger partial charge in [0.05, 0.1) is 12.1 Å². The molecular formula is C20H17N5O3S. The number of anilines is 1. The topological polar surface area (TPSA) is 99.4 Å². The first-order chi connectivity index (χ1) is 14.1. The zero-order valence-electron chi connectivity index (χ0n) is 15.4. The normalized spacial score (nSPS) is 13.9. The van der Waals surface area contributed by atoms with Crippen LogP contribution >= 0.6 is 11.3 Å². The zero-order chi connectivity index (χ0) is 20.2. The fourth-order valence-corrected chi connectivity index (χ4v) is 3.32. The highest BCUT2D eigenvalue weighted by Gasteiger charge is 2.29. The molecule has 146 valence electrons. The summed E-state index contributed by atoms with van der Waals surface area (Å²) >= 11 is 1.21. The van der Waals surface area contributed by atoms with Gasteiger partial charge >= 0.3 is 5.95 Å². The van der Waals surface area contributed by atoms with Crippen molar-refractivity contribution in [3.05, 3.63) is 82.7 Å². The van der Waals surface area contributed by atoms with Crippen molar-refractivity contribution in [1.29, 1.82) is 0 Å². The number of rotatable bonds is 5. The Morgan fingerprint density at radius 3 is 2.72 bits per heavy atom. The Morgan fingerprint density at radius 2 is 1.97 bits per heavy atom. The minimum Gasteiger partial charge on any atom is -0.478 e. The second-order valence-electron chi connectivity index (χ2n) is 6.29. The number of nitrogens with one attached hydrogen (secondary N) is 1. The van der Waals surface area contributed by atoms with Crippen LogP contribution in [0.5, 0.6) is 0 Å². The van der Waals surface area contributed by atoms with E-state index in [1.807, 2.05) is 61.5 Å². The average Bonchev–Trinajstić information content (AvgIpc) is 3.34.